The van der Waals surface area contributed by atoms with Crippen molar-refractivity contribution in [1.29, 1.82) is 0 Å². The molecule has 3 aromatic heterocycles. The largest absolute Gasteiger partial charge is 0.481 e. The minimum absolute atomic E-state index is 0.00389. The van der Waals surface area contributed by atoms with E-state index in [1.54, 1.807) is 30.0 Å². The first-order valence-electron chi connectivity index (χ1n) is 13.2. The average Bonchev–Trinajstić information content (AvgIpc) is 3.31. The lowest BCUT2D eigenvalue weighted by Gasteiger charge is -2.34. The fourth-order valence-electron chi connectivity index (χ4n) is 5.15. The van der Waals surface area contributed by atoms with Gasteiger partial charge in [0.1, 0.15) is 11.8 Å². The standard InChI is InChI=1S/C27H38N8O4/c1-27(2,15-34(3)11-12-36)26(38)33-19-7-5-18(6-8-19)32-25(37)20-14-21(17-9-10-29-22(13-17)39-4)35-23(20)24(28)30-16-31-35/h9-10,13-14,16,18-19,36H,5-8,11-12,15H2,1-4H3,(H,32,37)(H,33,38)(H2,28,30,31)/t18-,19-. The summed E-state index contributed by atoms with van der Waals surface area (Å²) < 4.78 is 6.86. The summed E-state index contributed by atoms with van der Waals surface area (Å²) >= 11 is 0. The van der Waals surface area contributed by atoms with Crippen LogP contribution in [0, 0.1) is 5.41 Å². The number of carbonyl (C=O) groups excluding carboxylic acids is 2. The molecule has 12 heteroatoms. The number of amides is 2. The molecule has 210 valence electrons. The number of likely N-dealkylation sites (N-methyl/N-ethyl adjacent to an activating group) is 1. The lowest BCUT2D eigenvalue weighted by molar-refractivity contribution is -0.131. The molecule has 39 heavy (non-hydrogen) atoms. The molecule has 0 unspecified atom stereocenters. The monoisotopic (exact) mass is 538 g/mol. The van der Waals surface area contributed by atoms with E-state index >= 15 is 0 Å². The second kappa shape index (κ2) is 12.0. The first-order valence-corrected chi connectivity index (χ1v) is 13.2. The van der Waals surface area contributed by atoms with Gasteiger partial charge in [0.15, 0.2) is 5.82 Å². The second-order valence-electron chi connectivity index (χ2n) is 10.8. The quantitative estimate of drug-likeness (QED) is 0.300. The molecular weight excluding hydrogens is 500 g/mol. The fourth-order valence-corrected chi connectivity index (χ4v) is 5.15. The molecule has 0 aliphatic heterocycles. The molecule has 3 heterocycles. The zero-order valence-corrected chi connectivity index (χ0v) is 23.0. The van der Waals surface area contributed by atoms with Crippen molar-refractivity contribution in [2.24, 2.45) is 5.41 Å². The molecule has 0 saturated heterocycles. The molecule has 1 fully saturated rings. The summed E-state index contributed by atoms with van der Waals surface area (Å²) in [4.78, 5) is 36.6. The molecule has 0 spiro atoms. The van der Waals surface area contributed by atoms with Crippen LogP contribution in [0.1, 0.15) is 49.9 Å². The van der Waals surface area contributed by atoms with E-state index < -0.39 is 5.41 Å². The van der Waals surface area contributed by atoms with Crippen LogP contribution in [-0.2, 0) is 4.79 Å². The van der Waals surface area contributed by atoms with Crippen LogP contribution < -0.4 is 21.1 Å². The number of nitrogens with one attached hydrogen (secondary N) is 2. The van der Waals surface area contributed by atoms with Crippen molar-refractivity contribution in [3.8, 4) is 17.1 Å². The molecule has 0 bridgehead atoms. The molecular formula is C27H38N8O4. The number of ether oxygens (including phenoxy) is 1. The van der Waals surface area contributed by atoms with Crippen molar-refractivity contribution in [3.05, 3.63) is 36.3 Å². The first kappa shape index (κ1) is 28.2. The average molecular weight is 539 g/mol. The van der Waals surface area contributed by atoms with Gasteiger partial charge in [0, 0.05) is 43.0 Å². The van der Waals surface area contributed by atoms with Crippen molar-refractivity contribution in [2.45, 2.75) is 51.6 Å². The van der Waals surface area contributed by atoms with E-state index in [1.165, 1.54) is 6.33 Å². The summed E-state index contributed by atoms with van der Waals surface area (Å²) in [7, 11) is 3.44. The van der Waals surface area contributed by atoms with Crippen LogP contribution in [0.25, 0.3) is 16.8 Å². The number of nitrogen functional groups attached to an aromatic ring is 1. The molecule has 0 radical (unpaired) electrons. The predicted molar refractivity (Wildman–Crippen MR) is 147 cm³/mol. The molecule has 1 aliphatic carbocycles. The third-order valence-corrected chi connectivity index (χ3v) is 7.23. The number of fused-ring (bicyclic) bond motifs is 1. The summed E-state index contributed by atoms with van der Waals surface area (Å²) in [6, 6.07) is 5.36. The highest BCUT2D eigenvalue weighted by molar-refractivity contribution is 6.05. The SMILES string of the molecule is COc1cc(-c2cc(C(=O)N[C@H]3CC[C@H](NC(=O)C(C)(C)CN(C)CCO)CC3)c3c(N)ncnn23)ccn1. The van der Waals surface area contributed by atoms with Gasteiger partial charge >= 0.3 is 0 Å². The third-order valence-electron chi connectivity index (χ3n) is 7.23. The van der Waals surface area contributed by atoms with E-state index in [-0.39, 0.29) is 36.3 Å². The number of aromatic nitrogens is 4. The fraction of sp³-hybridized carbons (Fsp3) is 0.519. The number of methoxy groups -OCH3 is 1. The van der Waals surface area contributed by atoms with E-state index in [2.05, 4.69) is 25.7 Å². The number of nitrogens with two attached hydrogens (primary N) is 1. The molecule has 5 N–H and O–H groups in total. The molecule has 2 amide bonds. The number of hydrogen-bond donors (Lipinski definition) is 4. The number of carbonyl (C=O) groups is 2. The number of hydrogen-bond acceptors (Lipinski definition) is 9. The number of aliphatic hydroxyl groups excluding tert-OH is 1. The lowest BCUT2D eigenvalue weighted by Crippen LogP contribution is -2.50. The minimum atomic E-state index is -0.579. The summed E-state index contributed by atoms with van der Waals surface area (Å²) in [5.41, 5.74) is 7.87. The third kappa shape index (κ3) is 6.45. The molecule has 1 aliphatic rings. The second-order valence-corrected chi connectivity index (χ2v) is 10.8. The van der Waals surface area contributed by atoms with Gasteiger partial charge in [-0.2, -0.15) is 5.10 Å². The van der Waals surface area contributed by atoms with Gasteiger partial charge in [-0.05, 0) is 58.7 Å². The topological polar surface area (TPSA) is 160 Å². The molecule has 1 saturated carbocycles. The van der Waals surface area contributed by atoms with Crippen molar-refractivity contribution in [1.82, 2.24) is 35.1 Å². The van der Waals surface area contributed by atoms with Crippen LogP contribution in [0.4, 0.5) is 5.82 Å². The number of rotatable bonds is 10. The Balaban J connectivity index is 1.41. The van der Waals surface area contributed by atoms with Crippen molar-refractivity contribution in [3.63, 3.8) is 0 Å². The smallest absolute Gasteiger partial charge is 0.253 e. The van der Waals surface area contributed by atoms with Crippen LogP contribution in [0.2, 0.25) is 0 Å². The minimum Gasteiger partial charge on any atom is -0.481 e. The summed E-state index contributed by atoms with van der Waals surface area (Å²) in [6.45, 7) is 4.96. The Labute approximate surface area is 227 Å². The number of aliphatic hydroxyl groups is 1. The molecule has 4 rings (SSSR count). The zero-order valence-electron chi connectivity index (χ0n) is 23.0. The molecule has 12 nitrogen and oxygen atoms in total. The van der Waals surface area contributed by atoms with E-state index in [0.29, 0.717) is 35.7 Å². The number of pyridine rings is 1. The molecule has 0 atom stereocenters. The number of nitrogens with zero attached hydrogens (tertiary/aromatic N) is 5. The van der Waals surface area contributed by atoms with Crippen molar-refractivity contribution < 1.29 is 19.4 Å². The van der Waals surface area contributed by atoms with Gasteiger partial charge in [-0.1, -0.05) is 0 Å². The normalized spacial score (nSPS) is 17.8. The highest BCUT2D eigenvalue weighted by Crippen LogP contribution is 2.30. The Morgan fingerprint density at radius 3 is 2.54 bits per heavy atom. The van der Waals surface area contributed by atoms with Crippen molar-refractivity contribution in [2.75, 3.05) is 39.6 Å². The molecule has 3 aromatic rings. The van der Waals surface area contributed by atoms with Gasteiger partial charge in [-0.3, -0.25) is 9.59 Å². The number of anilines is 1. The highest BCUT2D eigenvalue weighted by atomic mass is 16.5. The van der Waals surface area contributed by atoms with E-state index in [4.69, 9.17) is 15.6 Å². The summed E-state index contributed by atoms with van der Waals surface area (Å²) in [5.74, 6) is 0.401. The van der Waals surface area contributed by atoms with Gasteiger partial charge in [0.05, 0.1) is 30.4 Å². The van der Waals surface area contributed by atoms with Crippen LogP contribution in [-0.4, -0.2) is 87.3 Å². The van der Waals surface area contributed by atoms with Gasteiger partial charge in [0.25, 0.3) is 5.91 Å². The first-order chi connectivity index (χ1) is 18.6. The predicted octanol–water partition coefficient (Wildman–Crippen LogP) is 1.49. The Morgan fingerprint density at radius 2 is 1.87 bits per heavy atom. The van der Waals surface area contributed by atoms with Gasteiger partial charge in [0.2, 0.25) is 11.8 Å². The van der Waals surface area contributed by atoms with Gasteiger partial charge < -0.3 is 31.1 Å². The zero-order chi connectivity index (χ0) is 28.2. The van der Waals surface area contributed by atoms with Gasteiger partial charge in [-0.25, -0.2) is 14.5 Å². The van der Waals surface area contributed by atoms with Gasteiger partial charge in [-0.15, -0.1) is 0 Å². The Morgan fingerprint density at radius 1 is 1.18 bits per heavy atom. The lowest BCUT2D eigenvalue weighted by atomic mass is 9.87. The summed E-state index contributed by atoms with van der Waals surface area (Å²) in [5, 5.41) is 19.8. The highest BCUT2D eigenvalue weighted by Gasteiger charge is 2.32. The maximum atomic E-state index is 13.4. The van der Waals surface area contributed by atoms with E-state index in [0.717, 1.165) is 31.2 Å². The maximum Gasteiger partial charge on any atom is 0.253 e. The Hall–Kier alpha value is -3.77. The van der Waals surface area contributed by atoms with E-state index in [1.807, 2.05) is 31.9 Å². The summed E-state index contributed by atoms with van der Waals surface area (Å²) in [6.07, 6.45) is 6.00. The van der Waals surface area contributed by atoms with Crippen LogP contribution in [0.3, 0.4) is 0 Å². The Kier molecular flexibility index (Phi) is 8.66. The van der Waals surface area contributed by atoms with E-state index in [9.17, 15) is 9.59 Å². The Bertz CT molecular complexity index is 1320. The van der Waals surface area contributed by atoms with Crippen LogP contribution in [0.5, 0.6) is 5.88 Å². The maximum absolute atomic E-state index is 13.4. The van der Waals surface area contributed by atoms with Crippen molar-refractivity contribution >= 4 is 23.1 Å². The van der Waals surface area contributed by atoms with Crippen LogP contribution in [0.15, 0.2) is 30.7 Å². The molecule has 0 aromatic carbocycles. The van der Waals surface area contributed by atoms with Crippen LogP contribution >= 0.6 is 0 Å².